The number of nitrogens with one attached hydrogen (secondary N) is 4. The summed E-state index contributed by atoms with van der Waals surface area (Å²) in [5.41, 5.74) is 14.5. The van der Waals surface area contributed by atoms with Gasteiger partial charge in [-0.1, -0.05) is 36.4 Å². The number of sulfonamides is 2. The van der Waals surface area contributed by atoms with E-state index in [1.165, 1.54) is 56.7 Å². The number of fused-ring (bicyclic) bond motifs is 2. The molecule has 22 nitrogen and oxygen atoms in total. The Morgan fingerprint density at radius 1 is 0.485 bits per heavy atom. The van der Waals surface area contributed by atoms with Crippen molar-refractivity contribution < 1.29 is 36.2 Å². The zero-order valence-corrected chi connectivity index (χ0v) is 36.1. The number of hydrogen-bond donors (Lipinski definition) is 6. The second kappa shape index (κ2) is 18.8. The molecule has 0 aliphatic carbocycles. The Bertz CT molecular complexity index is 3400. The van der Waals surface area contributed by atoms with Crippen molar-refractivity contribution in [3.8, 4) is 11.5 Å². The third-order valence-corrected chi connectivity index (χ3v) is 11.8. The molecule has 6 aromatic carbocycles. The third-order valence-electron chi connectivity index (χ3n) is 9.14. The number of nitrogens with two attached hydrogens (primary N) is 2. The first-order valence-electron chi connectivity index (χ1n) is 19.0. The van der Waals surface area contributed by atoms with Gasteiger partial charge in [-0.3, -0.25) is 29.7 Å². The molecular formula is C42H36N12O10S2. The lowest BCUT2D eigenvalue weighted by molar-refractivity contribution is -0.385. The van der Waals surface area contributed by atoms with Gasteiger partial charge in [0, 0.05) is 53.5 Å². The number of aromatic nitrogens is 4. The van der Waals surface area contributed by atoms with Crippen molar-refractivity contribution in [2.45, 2.75) is 9.79 Å². The van der Waals surface area contributed by atoms with E-state index in [9.17, 15) is 37.1 Å². The minimum absolute atomic E-state index is 0.0130. The predicted molar refractivity (Wildman–Crippen MR) is 248 cm³/mol. The maximum atomic E-state index is 13.0. The number of methoxy groups -OCH3 is 2. The Morgan fingerprint density at radius 2 is 0.924 bits per heavy atom. The highest BCUT2D eigenvalue weighted by Crippen LogP contribution is 2.33. The number of nitrogens with zero attached hydrogens (tertiary/aromatic N) is 6. The predicted octanol–water partition coefficient (Wildman–Crippen LogP) is 7.35. The van der Waals surface area contributed by atoms with E-state index in [1.54, 1.807) is 72.8 Å². The van der Waals surface area contributed by atoms with E-state index >= 15 is 0 Å². The van der Waals surface area contributed by atoms with Crippen molar-refractivity contribution in [3.05, 3.63) is 154 Å². The first-order valence-corrected chi connectivity index (χ1v) is 22.0. The number of nitrogen functional groups attached to an aromatic ring is 2. The molecule has 0 radical (unpaired) electrons. The summed E-state index contributed by atoms with van der Waals surface area (Å²) in [5, 5.41) is 28.3. The van der Waals surface area contributed by atoms with Crippen molar-refractivity contribution in [1.82, 2.24) is 19.9 Å². The Morgan fingerprint density at radius 3 is 1.39 bits per heavy atom. The lowest BCUT2D eigenvalue weighted by Crippen LogP contribution is -2.16. The van der Waals surface area contributed by atoms with Crippen molar-refractivity contribution in [1.29, 1.82) is 0 Å². The van der Waals surface area contributed by atoms with Gasteiger partial charge in [-0.15, -0.1) is 0 Å². The average molecular weight is 933 g/mol. The molecule has 8 rings (SSSR count). The molecule has 2 heterocycles. The maximum Gasteiger partial charge on any atom is 0.275 e. The molecule has 8 N–H and O–H groups in total. The highest BCUT2D eigenvalue weighted by molar-refractivity contribution is 7.93. The molecule has 336 valence electrons. The number of hydrogen-bond acceptors (Lipinski definition) is 18. The summed E-state index contributed by atoms with van der Waals surface area (Å²) in [6.45, 7) is 0. The first kappa shape index (κ1) is 45.1. The van der Waals surface area contributed by atoms with Crippen molar-refractivity contribution in [2.24, 2.45) is 0 Å². The van der Waals surface area contributed by atoms with E-state index in [0.717, 1.165) is 12.1 Å². The summed E-state index contributed by atoms with van der Waals surface area (Å²) in [5.74, 6) is 0.689. The van der Waals surface area contributed by atoms with Crippen molar-refractivity contribution >= 4 is 99.5 Å². The number of anilines is 8. The van der Waals surface area contributed by atoms with Crippen molar-refractivity contribution in [3.63, 3.8) is 0 Å². The smallest absolute Gasteiger partial charge is 0.275 e. The van der Waals surface area contributed by atoms with Gasteiger partial charge in [0.1, 0.15) is 11.5 Å². The fourth-order valence-corrected chi connectivity index (χ4v) is 8.21. The first-order chi connectivity index (χ1) is 31.5. The van der Waals surface area contributed by atoms with Gasteiger partial charge in [0.25, 0.3) is 31.4 Å². The summed E-state index contributed by atoms with van der Waals surface area (Å²) in [4.78, 5) is 38.4. The summed E-state index contributed by atoms with van der Waals surface area (Å²) in [6, 6.07) is 33.3. The van der Waals surface area contributed by atoms with Gasteiger partial charge in [-0.2, -0.15) is 0 Å². The second-order valence-corrected chi connectivity index (χ2v) is 17.1. The lowest BCUT2D eigenvalue weighted by atomic mass is 10.2. The number of non-ortho nitro benzene ring substituents is 2. The van der Waals surface area contributed by atoms with Crippen LogP contribution in [0.5, 0.6) is 11.5 Å². The van der Waals surface area contributed by atoms with Gasteiger partial charge >= 0.3 is 0 Å². The van der Waals surface area contributed by atoms with Crippen LogP contribution < -0.4 is 41.0 Å². The topological polar surface area (TPSA) is 325 Å². The van der Waals surface area contributed by atoms with Crippen LogP contribution >= 0.6 is 0 Å². The third kappa shape index (κ3) is 10.6. The highest BCUT2D eigenvalue weighted by atomic mass is 32.2. The van der Waals surface area contributed by atoms with E-state index in [4.69, 9.17) is 20.9 Å². The fraction of sp³-hybridized carbons (Fsp3) is 0.0476. The lowest BCUT2D eigenvalue weighted by Gasteiger charge is -2.15. The van der Waals surface area contributed by atoms with Crippen LogP contribution in [-0.2, 0) is 20.0 Å². The number of rotatable bonds is 14. The van der Waals surface area contributed by atoms with E-state index in [0.29, 0.717) is 44.9 Å². The molecule has 8 aromatic rings. The average Bonchev–Trinajstić information content (AvgIpc) is 3.29. The van der Waals surface area contributed by atoms with Gasteiger partial charge in [-0.25, -0.2) is 36.8 Å². The molecule has 0 amide bonds. The van der Waals surface area contributed by atoms with E-state index < -0.39 is 35.6 Å². The number of ether oxygens (including phenoxy) is 2. The molecule has 0 aliphatic heterocycles. The van der Waals surface area contributed by atoms with Crippen LogP contribution in [0.1, 0.15) is 0 Å². The summed E-state index contributed by atoms with van der Waals surface area (Å²) in [6.07, 6.45) is 0. The van der Waals surface area contributed by atoms with E-state index in [1.807, 2.05) is 6.07 Å². The molecule has 0 unspecified atom stereocenters. The van der Waals surface area contributed by atoms with Crippen LogP contribution in [0.25, 0.3) is 22.1 Å². The molecule has 0 atom stereocenters. The molecule has 0 bridgehead atoms. The van der Waals surface area contributed by atoms with Gasteiger partial charge in [0.2, 0.25) is 0 Å². The molecule has 0 saturated heterocycles. The van der Waals surface area contributed by atoms with Gasteiger partial charge in [-0.05, 0) is 54.6 Å². The Hall–Kier alpha value is -8.90. The van der Waals surface area contributed by atoms with E-state index in [-0.39, 0.29) is 50.2 Å². The summed E-state index contributed by atoms with van der Waals surface area (Å²) < 4.78 is 67.1. The van der Waals surface area contributed by atoms with Crippen LogP contribution in [0, 0.1) is 20.2 Å². The minimum Gasteiger partial charge on any atom is -0.497 e. The zero-order valence-electron chi connectivity index (χ0n) is 34.4. The maximum absolute atomic E-state index is 13.0. The molecule has 24 heteroatoms. The molecule has 0 aliphatic rings. The molecule has 0 saturated carbocycles. The van der Waals surface area contributed by atoms with Crippen molar-refractivity contribution in [2.75, 3.05) is 45.8 Å². The van der Waals surface area contributed by atoms with Gasteiger partial charge in [0.15, 0.2) is 23.3 Å². The monoisotopic (exact) mass is 932 g/mol. The van der Waals surface area contributed by atoms with Crippen LogP contribution in [-0.4, -0.2) is 60.8 Å². The van der Waals surface area contributed by atoms with Gasteiger partial charge < -0.3 is 31.6 Å². The second-order valence-electron chi connectivity index (χ2n) is 13.8. The van der Waals surface area contributed by atoms with Crippen LogP contribution in [0.15, 0.2) is 143 Å². The Balaban J connectivity index is 0.000000198. The summed E-state index contributed by atoms with van der Waals surface area (Å²) >= 11 is 0. The number of para-hydroxylation sites is 4. The Kier molecular flexibility index (Phi) is 12.9. The van der Waals surface area contributed by atoms with E-state index in [2.05, 4.69) is 40.0 Å². The molecular weight excluding hydrogens is 897 g/mol. The van der Waals surface area contributed by atoms with Crippen LogP contribution in [0.4, 0.5) is 57.4 Å². The van der Waals surface area contributed by atoms with Crippen LogP contribution in [0.3, 0.4) is 0 Å². The molecule has 0 fully saturated rings. The largest absolute Gasteiger partial charge is 0.497 e. The zero-order chi connectivity index (χ0) is 47.2. The highest BCUT2D eigenvalue weighted by Gasteiger charge is 2.23. The fourth-order valence-electron chi connectivity index (χ4n) is 6.10. The number of benzene rings is 6. The standard InChI is InChI=1S/C21H16N6O7S.C21H20N6O3S/c1-34-16-10-13(9-15(11-16)27(30)31)22-20-21(24-19-8-3-2-7-18(19)23-20)25-35(32,33)17-6-4-5-14(12-17)26(28)29;1-30-16-10-14(23)9-15(12-16)24-20-21(26-19-8-3-2-7-18(19)25-20)27-31(28,29)17-6-4-5-13(22)11-17/h2-12H,1H3,(H,22,23)(H,24,25);2-12H,22-23H2,1H3,(H,24,25)(H,26,27). The van der Waals surface area contributed by atoms with Gasteiger partial charge in [0.05, 0.1) is 67.7 Å². The molecule has 0 spiro atoms. The number of nitro benzene ring substituents is 2. The van der Waals surface area contributed by atoms with Crippen LogP contribution in [0.2, 0.25) is 0 Å². The quantitative estimate of drug-likeness (QED) is 0.0352. The number of nitro groups is 2. The summed E-state index contributed by atoms with van der Waals surface area (Å²) in [7, 11) is -5.41. The normalized spacial score (nSPS) is 11.2. The molecule has 2 aromatic heterocycles. The molecule has 66 heavy (non-hydrogen) atoms. The minimum atomic E-state index is -4.32. The Labute approximate surface area is 375 Å². The SMILES string of the molecule is COc1cc(N)cc(Nc2nc3ccccc3nc2NS(=O)(=O)c2cccc(N)c2)c1.COc1cc(Nc2nc3ccccc3nc2NS(=O)(=O)c2cccc([N+](=O)[O-])c2)cc([N+](=O)[O-])c1.